The van der Waals surface area contributed by atoms with Crippen LogP contribution in [-0.2, 0) is 0 Å². The highest BCUT2D eigenvalue weighted by Crippen LogP contribution is 2.36. The van der Waals surface area contributed by atoms with Crippen LogP contribution in [-0.4, -0.2) is 13.9 Å². The van der Waals surface area contributed by atoms with Gasteiger partial charge in [-0.25, -0.2) is 0 Å². The second-order valence-electron chi connectivity index (χ2n) is 4.82. The molecule has 1 aliphatic heterocycles. The lowest BCUT2D eigenvalue weighted by atomic mass is 10.1. The van der Waals surface area contributed by atoms with Gasteiger partial charge in [0.2, 0.25) is 6.79 Å². The summed E-state index contributed by atoms with van der Waals surface area (Å²) in [7, 11) is 1.64. The van der Waals surface area contributed by atoms with E-state index in [0.29, 0.717) is 5.02 Å². The number of rotatable bonds is 4. The molecule has 4 nitrogen and oxygen atoms in total. The van der Waals surface area contributed by atoms with Crippen LogP contribution in [0.2, 0.25) is 5.02 Å². The predicted molar refractivity (Wildman–Crippen MR) is 82.6 cm³/mol. The topological polar surface area (TPSA) is 39.7 Å². The number of halogens is 1. The molecule has 3 rings (SSSR count). The zero-order valence-corrected chi connectivity index (χ0v) is 12.6. The average molecular weight is 306 g/mol. The van der Waals surface area contributed by atoms with E-state index in [1.807, 2.05) is 30.3 Å². The number of hydrogen-bond acceptors (Lipinski definition) is 4. The SMILES string of the molecule is COc1ccc(Cl)cc1NC(C)c1ccc2c(c1)OCO2. The smallest absolute Gasteiger partial charge is 0.231 e. The van der Waals surface area contributed by atoms with Crippen LogP contribution in [0.5, 0.6) is 17.2 Å². The lowest BCUT2D eigenvalue weighted by Crippen LogP contribution is -2.07. The Morgan fingerprint density at radius 3 is 2.76 bits per heavy atom. The van der Waals surface area contributed by atoms with Gasteiger partial charge in [0.25, 0.3) is 0 Å². The van der Waals surface area contributed by atoms with E-state index in [-0.39, 0.29) is 12.8 Å². The molecule has 21 heavy (non-hydrogen) atoms. The molecule has 110 valence electrons. The minimum absolute atomic E-state index is 0.0758. The first kappa shape index (κ1) is 13.9. The van der Waals surface area contributed by atoms with Crippen molar-refractivity contribution in [2.24, 2.45) is 0 Å². The monoisotopic (exact) mass is 305 g/mol. The highest BCUT2D eigenvalue weighted by molar-refractivity contribution is 6.30. The molecule has 1 atom stereocenters. The van der Waals surface area contributed by atoms with Gasteiger partial charge in [0.15, 0.2) is 11.5 Å². The van der Waals surface area contributed by atoms with Gasteiger partial charge in [-0.1, -0.05) is 17.7 Å². The highest BCUT2D eigenvalue weighted by Gasteiger charge is 2.16. The van der Waals surface area contributed by atoms with E-state index in [1.54, 1.807) is 13.2 Å². The van der Waals surface area contributed by atoms with Gasteiger partial charge in [-0.15, -0.1) is 0 Å². The van der Waals surface area contributed by atoms with Crippen LogP contribution in [0.25, 0.3) is 0 Å². The van der Waals surface area contributed by atoms with E-state index in [1.165, 1.54) is 0 Å². The van der Waals surface area contributed by atoms with Crippen molar-refractivity contribution in [3.63, 3.8) is 0 Å². The van der Waals surface area contributed by atoms with Gasteiger partial charge in [0, 0.05) is 11.1 Å². The average Bonchev–Trinajstić information content (AvgIpc) is 2.94. The Kier molecular flexibility index (Phi) is 3.80. The van der Waals surface area contributed by atoms with Gasteiger partial charge >= 0.3 is 0 Å². The van der Waals surface area contributed by atoms with E-state index in [4.69, 9.17) is 25.8 Å². The standard InChI is InChI=1S/C16H16ClNO3/c1-10(11-3-5-15-16(7-11)21-9-20-15)18-13-8-12(17)4-6-14(13)19-2/h3-8,10,18H,9H2,1-2H3. The molecule has 0 fully saturated rings. The van der Waals surface area contributed by atoms with Crippen LogP contribution in [0.1, 0.15) is 18.5 Å². The minimum atomic E-state index is 0.0758. The summed E-state index contributed by atoms with van der Waals surface area (Å²) >= 11 is 6.05. The van der Waals surface area contributed by atoms with Crippen molar-refractivity contribution >= 4 is 17.3 Å². The third kappa shape index (κ3) is 2.85. The van der Waals surface area contributed by atoms with Crippen LogP contribution < -0.4 is 19.5 Å². The molecular formula is C16H16ClNO3. The molecule has 1 heterocycles. The van der Waals surface area contributed by atoms with Crippen molar-refractivity contribution in [1.82, 2.24) is 0 Å². The molecule has 1 N–H and O–H groups in total. The first-order chi connectivity index (χ1) is 10.2. The van der Waals surface area contributed by atoms with Crippen LogP contribution in [0.15, 0.2) is 36.4 Å². The molecule has 0 amide bonds. The largest absolute Gasteiger partial charge is 0.495 e. The third-order valence-electron chi connectivity index (χ3n) is 3.43. The van der Waals surface area contributed by atoms with Gasteiger partial charge < -0.3 is 19.5 Å². The molecule has 1 aliphatic rings. The van der Waals surface area contributed by atoms with E-state index in [0.717, 1.165) is 28.5 Å². The van der Waals surface area contributed by atoms with Gasteiger partial charge in [-0.05, 0) is 42.8 Å². The zero-order valence-electron chi connectivity index (χ0n) is 11.9. The maximum atomic E-state index is 6.05. The maximum absolute atomic E-state index is 6.05. The van der Waals surface area contributed by atoms with E-state index < -0.39 is 0 Å². The summed E-state index contributed by atoms with van der Waals surface area (Å²) in [6, 6.07) is 11.5. The van der Waals surface area contributed by atoms with Crippen LogP contribution in [0.3, 0.4) is 0 Å². The molecule has 0 saturated carbocycles. The Hall–Kier alpha value is -2.07. The fourth-order valence-corrected chi connectivity index (χ4v) is 2.46. The molecule has 5 heteroatoms. The maximum Gasteiger partial charge on any atom is 0.231 e. The van der Waals surface area contributed by atoms with Crippen molar-refractivity contribution in [3.8, 4) is 17.2 Å². The Bertz CT molecular complexity index is 660. The fraction of sp³-hybridized carbons (Fsp3) is 0.250. The van der Waals surface area contributed by atoms with E-state index >= 15 is 0 Å². The second kappa shape index (κ2) is 5.74. The summed E-state index contributed by atoms with van der Waals surface area (Å²) in [5, 5.41) is 4.07. The Morgan fingerprint density at radius 1 is 1.14 bits per heavy atom. The molecule has 2 aromatic carbocycles. The lowest BCUT2D eigenvalue weighted by Gasteiger charge is -2.18. The Balaban J connectivity index is 1.83. The van der Waals surface area contributed by atoms with Crippen molar-refractivity contribution in [1.29, 1.82) is 0 Å². The first-order valence-electron chi connectivity index (χ1n) is 6.67. The van der Waals surface area contributed by atoms with Crippen LogP contribution in [0, 0.1) is 0 Å². The summed E-state index contributed by atoms with van der Waals surface area (Å²) < 4.78 is 16.1. The summed E-state index contributed by atoms with van der Waals surface area (Å²) in [5.74, 6) is 2.32. The lowest BCUT2D eigenvalue weighted by molar-refractivity contribution is 0.174. The number of hydrogen-bond donors (Lipinski definition) is 1. The number of fused-ring (bicyclic) bond motifs is 1. The van der Waals surface area contributed by atoms with Gasteiger partial charge in [0.05, 0.1) is 12.8 Å². The summed E-state index contributed by atoms with van der Waals surface area (Å²) in [6.45, 7) is 2.35. The first-order valence-corrected chi connectivity index (χ1v) is 7.05. The minimum Gasteiger partial charge on any atom is -0.495 e. The molecule has 0 bridgehead atoms. The Morgan fingerprint density at radius 2 is 1.95 bits per heavy atom. The predicted octanol–water partition coefficient (Wildman–Crippen LogP) is 4.25. The molecular weight excluding hydrogens is 290 g/mol. The van der Waals surface area contributed by atoms with Gasteiger partial charge in [0.1, 0.15) is 5.75 Å². The number of benzene rings is 2. The molecule has 0 aliphatic carbocycles. The van der Waals surface area contributed by atoms with E-state index in [2.05, 4.69) is 12.2 Å². The van der Waals surface area contributed by atoms with Crippen LogP contribution in [0.4, 0.5) is 5.69 Å². The molecule has 2 aromatic rings. The highest BCUT2D eigenvalue weighted by atomic mass is 35.5. The zero-order chi connectivity index (χ0) is 14.8. The number of methoxy groups -OCH3 is 1. The normalized spacial score (nSPS) is 13.9. The van der Waals surface area contributed by atoms with Crippen molar-refractivity contribution < 1.29 is 14.2 Å². The summed E-state index contributed by atoms with van der Waals surface area (Å²) in [6.07, 6.45) is 0. The van der Waals surface area contributed by atoms with E-state index in [9.17, 15) is 0 Å². The number of nitrogens with one attached hydrogen (secondary N) is 1. The van der Waals surface area contributed by atoms with Gasteiger partial charge in [-0.3, -0.25) is 0 Å². The third-order valence-corrected chi connectivity index (χ3v) is 3.67. The van der Waals surface area contributed by atoms with Crippen molar-refractivity contribution in [2.75, 3.05) is 19.2 Å². The molecule has 1 unspecified atom stereocenters. The summed E-state index contributed by atoms with van der Waals surface area (Å²) in [4.78, 5) is 0. The number of anilines is 1. The fourth-order valence-electron chi connectivity index (χ4n) is 2.29. The molecule has 0 radical (unpaired) electrons. The van der Waals surface area contributed by atoms with Gasteiger partial charge in [-0.2, -0.15) is 0 Å². The second-order valence-corrected chi connectivity index (χ2v) is 5.26. The van der Waals surface area contributed by atoms with Crippen molar-refractivity contribution in [2.45, 2.75) is 13.0 Å². The molecule has 0 saturated heterocycles. The molecule has 0 spiro atoms. The van der Waals surface area contributed by atoms with Crippen molar-refractivity contribution in [3.05, 3.63) is 47.0 Å². The quantitative estimate of drug-likeness (QED) is 0.916. The molecule has 0 aromatic heterocycles. The summed E-state index contributed by atoms with van der Waals surface area (Å²) in [5.41, 5.74) is 1.96. The van der Waals surface area contributed by atoms with Crippen LogP contribution >= 0.6 is 11.6 Å². The Labute approximate surface area is 128 Å². The number of ether oxygens (including phenoxy) is 3.